The maximum Gasteiger partial charge on any atom is 0.237 e. The summed E-state index contributed by atoms with van der Waals surface area (Å²) in [6.07, 6.45) is 0.654. The molecule has 0 aromatic heterocycles. The van der Waals surface area contributed by atoms with Crippen LogP contribution in [0.4, 0.5) is 5.69 Å². The molecule has 0 aliphatic heterocycles. The molecule has 0 atom stereocenters. The van der Waals surface area contributed by atoms with E-state index in [-0.39, 0.29) is 0 Å². The summed E-state index contributed by atoms with van der Waals surface area (Å²) in [6, 6.07) is 9.14. The van der Waals surface area contributed by atoms with E-state index in [2.05, 4.69) is 0 Å². The van der Waals surface area contributed by atoms with Crippen molar-refractivity contribution in [3.63, 3.8) is 0 Å². The molecule has 0 aliphatic carbocycles. The third-order valence-electron chi connectivity index (χ3n) is 2.51. The van der Waals surface area contributed by atoms with Gasteiger partial charge >= 0.3 is 0 Å². The largest absolute Gasteiger partial charge is 0.330 e. The van der Waals surface area contributed by atoms with Gasteiger partial charge in [0.15, 0.2) is 0 Å². The summed E-state index contributed by atoms with van der Waals surface area (Å²) in [5.41, 5.74) is 6.16. The molecule has 17 heavy (non-hydrogen) atoms. The summed E-state index contributed by atoms with van der Waals surface area (Å²) in [7, 11) is -3.29. The lowest BCUT2D eigenvalue weighted by Gasteiger charge is -2.26. The van der Waals surface area contributed by atoms with Crippen molar-refractivity contribution in [1.29, 1.82) is 0 Å². The molecule has 1 aromatic rings. The predicted octanol–water partition coefficient (Wildman–Crippen LogP) is 1.58. The number of rotatable bonds is 6. The maximum atomic E-state index is 12.2. The zero-order chi connectivity index (χ0) is 12.9. The Morgan fingerprint density at radius 2 is 1.82 bits per heavy atom. The van der Waals surface area contributed by atoms with E-state index < -0.39 is 15.3 Å². The zero-order valence-corrected chi connectivity index (χ0v) is 11.2. The van der Waals surface area contributed by atoms with Crippen LogP contribution in [0.1, 0.15) is 20.3 Å². The molecule has 5 heteroatoms. The highest BCUT2D eigenvalue weighted by atomic mass is 32.2. The van der Waals surface area contributed by atoms with E-state index in [1.807, 2.05) is 18.2 Å². The SMILES string of the molecule is CC(C)S(=O)(=O)N(CCCN)c1ccccc1. The number of nitrogens with two attached hydrogens (primary N) is 1. The van der Waals surface area contributed by atoms with Crippen LogP contribution in [-0.2, 0) is 10.0 Å². The molecule has 0 heterocycles. The van der Waals surface area contributed by atoms with Crippen LogP contribution in [0.5, 0.6) is 0 Å². The van der Waals surface area contributed by atoms with Crippen LogP contribution in [0.2, 0.25) is 0 Å². The molecule has 0 saturated heterocycles. The molecule has 0 bridgehead atoms. The van der Waals surface area contributed by atoms with E-state index in [1.54, 1.807) is 26.0 Å². The Morgan fingerprint density at radius 3 is 2.29 bits per heavy atom. The second kappa shape index (κ2) is 6.02. The second-order valence-electron chi connectivity index (χ2n) is 4.14. The van der Waals surface area contributed by atoms with Gasteiger partial charge in [0, 0.05) is 6.54 Å². The molecule has 0 fully saturated rings. The van der Waals surface area contributed by atoms with Crippen molar-refractivity contribution >= 4 is 15.7 Å². The van der Waals surface area contributed by atoms with Gasteiger partial charge in [0.1, 0.15) is 0 Å². The quantitative estimate of drug-likeness (QED) is 0.840. The van der Waals surface area contributed by atoms with Crippen LogP contribution < -0.4 is 10.0 Å². The topological polar surface area (TPSA) is 63.4 Å². The van der Waals surface area contributed by atoms with Crippen molar-refractivity contribution in [2.45, 2.75) is 25.5 Å². The average Bonchev–Trinajstić information content (AvgIpc) is 2.30. The fraction of sp³-hybridized carbons (Fsp3) is 0.500. The minimum absolute atomic E-state index is 0.430. The molecule has 0 unspecified atom stereocenters. The fourth-order valence-corrected chi connectivity index (χ4v) is 2.80. The van der Waals surface area contributed by atoms with Crippen molar-refractivity contribution in [2.75, 3.05) is 17.4 Å². The number of sulfonamides is 1. The molecular weight excluding hydrogens is 236 g/mol. The summed E-state index contributed by atoms with van der Waals surface area (Å²) in [6.45, 7) is 4.29. The van der Waals surface area contributed by atoms with Crippen molar-refractivity contribution in [2.24, 2.45) is 5.73 Å². The lowest BCUT2D eigenvalue weighted by molar-refractivity contribution is 0.580. The molecule has 96 valence electrons. The van der Waals surface area contributed by atoms with Gasteiger partial charge in [0.25, 0.3) is 0 Å². The van der Waals surface area contributed by atoms with E-state index >= 15 is 0 Å². The Kier molecular flexibility index (Phi) is 4.96. The number of benzene rings is 1. The van der Waals surface area contributed by atoms with Gasteiger partial charge in [-0.3, -0.25) is 4.31 Å². The van der Waals surface area contributed by atoms with Crippen LogP contribution in [-0.4, -0.2) is 26.8 Å². The normalized spacial score (nSPS) is 11.8. The standard InChI is InChI=1S/C12H20N2O2S/c1-11(2)17(15,16)14(10-6-9-13)12-7-4-3-5-8-12/h3-5,7-8,11H,6,9-10,13H2,1-2H3. The molecule has 2 N–H and O–H groups in total. The van der Waals surface area contributed by atoms with Gasteiger partial charge in [-0.05, 0) is 38.9 Å². The van der Waals surface area contributed by atoms with Crippen LogP contribution in [0.15, 0.2) is 30.3 Å². The smallest absolute Gasteiger partial charge is 0.237 e. The van der Waals surface area contributed by atoms with E-state index in [4.69, 9.17) is 5.73 Å². The van der Waals surface area contributed by atoms with E-state index in [9.17, 15) is 8.42 Å². The third-order valence-corrected chi connectivity index (χ3v) is 4.71. The summed E-state index contributed by atoms with van der Waals surface area (Å²) >= 11 is 0. The first-order valence-corrected chi connectivity index (χ1v) is 7.27. The highest BCUT2D eigenvalue weighted by Gasteiger charge is 2.25. The molecular formula is C12H20N2O2S. The molecule has 0 saturated carbocycles. The van der Waals surface area contributed by atoms with Gasteiger partial charge in [-0.2, -0.15) is 0 Å². The highest BCUT2D eigenvalue weighted by molar-refractivity contribution is 7.93. The van der Waals surface area contributed by atoms with Crippen molar-refractivity contribution < 1.29 is 8.42 Å². The molecule has 1 aromatic carbocycles. The monoisotopic (exact) mass is 256 g/mol. The molecule has 0 spiro atoms. The van der Waals surface area contributed by atoms with Gasteiger partial charge in [-0.25, -0.2) is 8.42 Å². The van der Waals surface area contributed by atoms with Gasteiger partial charge in [0.05, 0.1) is 10.9 Å². The van der Waals surface area contributed by atoms with Crippen molar-refractivity contribution in [1.82, 2.24) is 0 Å². The molecule has 0 amide bonds. The summed E-state index contributed by atoms with van der Waals surface area (Å²) < 4.78 is 25.9. The van der Waals surface area contributed by atoms with Gasteiger partial charge in [-0.15, -0.1) is 0 Å². The lowest BCUT2D eigenvalue weighted by Crippen LogP contribution is -2.37. The maximum absolute atomic E-state index is 12.2. The predicted molar refractivity (Wildman–Crippen MR) is 71.5 cm³/mol. The summed E-state index contributed by atoms with van der Waals surface area (Å²) in [5.74, 6) is 0. The Balaban J connectivity index is 3.05. The number of nitrogens with zero attached hydrogens (tertiary/aromatic N) is 1. The van der Waals surface area contributed by atoms with Crippen molar-refractivity contribution in [3.8, 4) is 0 Å². The number of anilines is 1. The number of hydrogen-bond acceptors (Lipinski definition) is 3. The average molecular weight is 256 g/mol. The Morgan fingerprint density at radius 1 is 1.24 bits per heavy atom. The summed E-state index contributed by atoms with van der Waals surface area (Å²) in [4.78, 5) is 0. The van der Waals surface area contributed by atoms with Gasteiger partial charge in [-0.1, -0.05) is 18.2 Å². The van der Waals surface area contributed by atoms with Crippen LogP contribution in [0.25, 0.3) is 0 Å². The highest BCUT2D eigenvalue weighted by Crippen LogP contribution is 2.20. The van der Waals surface area contributed by atoms with Crippen LogP contribution >= 0.6 is 0 Å². The zero-order valence-electron chi connectivity index (χ0n) is 10.3. The third kappa shape index (κ3) is 3.44. The fourth-order valence-electron chi connectivity index (χ4n) is 1.49. The van der Waals surface area contributed by atoms with Crippen molar-refractivity contribution in [3.05, 3.63) is 30.3 Å². The first-order chi connectivity index (χ1) is 8.00. The summed E-state index contributed by atoms with van der Waals surface area (Å²) in [5, 5.41) is -0.430. The first kappa shape index (κ1) is 14.0. The Hall–Kier alpha value is -1.07. The molecule has 1 rings (SSSR count). The van der Waals surface area contributed by atoms with E-state index in [1.165, 1.54) is 4.31 Å². The number of hydrogen-bond donors (Lipinski definition) is 1. The second-order valence-corrected chi connectivity index (χ2v) is 6.56. The Labute approximate surface area is 103 Å². The minimum atomic E-state index is -3.29. The van der Waals surface area contributed by atoms with E-state index in [0.717, 1.165) is 0 Å². The molecule has 4 nitrogen and oxygen atoms in total. The first-order valence-electron chi connectivity index (χ1n) is 5.77. The van der Waals surface area contributed by atoms with Crippen LogP contribution in [0, 0.1) is 0 Å². The molecule has 0 radical (unpaired) electrons. The van der Waals surface area contributed by atoms with Gasteiger partial charge in [0.2, 0.25) is 10.0 Å². The van der Waals surface area contributed by atoms with E-state index in [0.29, 0.717) is 25.2 Å². The van der Waals surface area contributed by atoms with Gasteiger partial charge < -0.3 is 5.73 Å². The number of para-hydroxylation sites is 1. The van der Waals surface area contributed by atoms with Crippen LogP contribution in [0.3, 0.4) is 0 Å². The Bertz CT molecular complexity index is 429. The molecule has 0 aliphatic rings. The lowest BCUT2D eigenvalue weighted by atomic mass is 10.3. The minimum Gasteiger partial charge on any atom is -0.330 e.